The number of nitrogens with two attached hydrogens (primary N) is 2. The van der Waals surface area contributed by atoms with Crippen LogP contribution in [0.25, 0.3) is 10.9 Å². The number of para-hydroxylation sites is 1. The van der Waals surface area contributed by atoms with E-state index < -0.39 is 17.9 Å². The van der Waals surface area contributed by atoms with Gasteiger partial charge in [0.05, 0.1) is 18.3 Å². The summed E-state index contributed by atoms with van der Waals surface area (Å²) < 4.78 is 2.03. The summed E-state index contributed by atoms with van der Waals surface area (Å²) in [6.45, 7) is 0.460. The molecule has 0 aliphatic carbocycles. The van der Waals surface area contributed by atoms with Crippen molar-refractivity contribution in [3.05, 3.63) is 114 Å². The lowest BCUT2D eigenvalue weighted by Gasteiger charge is -2.22. The van der Waals surface area contributed by atoms with E-state index in [2.05, 4.69) is 32.3 Å². The van der Waals surface area contributed by atoms with Gasteiger partial charge >= 0.3 is 0 Å². The average Bonchev–Trinajstić information content (AvgIpc) is 3.47. The second kappa shape index (κ2) is 9.90. The van der Waals surface area contributed by atoms with Crippen molar-refractivity contribution in [2.45, 2.75) is 31.3 Å². The number of carbonyl (C=O) groups is 1. The molecule has 2 aromatic carbocycles. The van der Waals surface area contributed by atoms with Crippen LogP contribution in [0, 0.1) is 0 Å². The Labute approximate surface area is 203 Å². The number of nitrogens with one attached hydrogen (secondary N) is 1. The summed E-state index contributed by atoms with van der Waals surface area (Å²) in [6, 6.07) is 23.0. The standard InChI is InChI=1S/C27H27N7O/c28-25(26(29)35)22(15-19-16-31-23-12-5-4-11-21(19)23)27-33-32-24(14-18-8-2-1-3-9-18)34(27)17-20-10-6-7-13-30-20/h1-13,16,22,25,31H,14-15,17,28H2,(H2,29,35)/t22-,25?/m1/s1. The first kappa shape index (κ1) is 22.5. The number of fused-ring (bicyclic) bond motifs is 1. The molecule has 0 fully saturated rings. The van der Waals surface area contributed by atoms with Gasteiger partial charge in [-0.25, -0.2) is 0 Å². The van der Waals surface area contributed by atoms with Crippen molar-refractivity contribution in [1.82, 2.24) is 24.7 Å². The van der Waals surface area contributed by atoms with E-state index in [0.29, 0.717) is 25.2 Å². The zero-order chi connectivity index (χ0) is 24.2. The number of nitrogens with zero attached hydrogens (tertiary/aromatic N) is 4. The largest absolute Gasteiger partial charge is 0.368 e. The Morgan fingerprint density at radius 2 is 1.74 bits per heavy atom. The molecule has 176 valence electrons. The highest BCUT2D eigenvalue weighted by Gasteiger charge is 2.31. The fraction of sp³-hybridized carbons (Fsp3) is 0.185. The summed E-state index contributed by atoms with van der Waals surface area (Å²) in [4.78, 5) is 20.1. The van der Waals surface area contributed by atoms with Crippen LogP contribution >= 0.6 is 0 Å². The lowest BCUT2D eigenvalue weighted by Crippen LogP contribution is -2.43. The molecule has 8 heteroatoms. The van der Waals surface area contributed by atoms with Crippen molar-refractivity contribution in [2.24, 2.45) is 11.5 Å². The third-order valence-electron chi connectivity index (χ3n) is 6.32. The number of H-pyrrole nitrogens is 1. The van der Waals surface area contributed by atoms with Crippen molar-refractivity contribution in [3.63, 3.8) is 0 Å². The van der Waals surface area contributed by atoms with E-state index in [1.54, 1.807) is 6.20 Å². The van der Waals surface area contributed by atoms with E-state index in [9.17, 15) is 4.79 Å². The first-order chi connectivity index (χ1) is 17.1. The van der Waals surface area contributed by atoms with Gasteiger partial charge in [0, 0.05) is 35.6 Å². The number of pyridine rings is 1. The maximum atomic E-state index is 12.3. The zero-order valence-electron chi connectivity index (χ0n) is 19.2. The predicted molar refractivity (Wildman–Crippen MR) is 135 cm³/mol. The van der Waals surface area contributed by atoms with Gasteiger partial charge in [-0.2, -0.15) is 0 Å². The molecule has 3 heterocycles. The molecule has 0 aliphatic heterocycles. The molecule has 5 aromatic rings. The van der Waals surface area contributed by atoms with Crippen LogP contribution in [0.3, 0.4) is 0 Å². The number of rotatable bonds is 9. The van der Waals surface area contributed by atoms with Gasteiger partial charge in [-0.3, -0.25) is 9.78 Å². The number of hydrogen-bond acceptors (Lipinski definition) is 5. The van der Waals surface area contributed by atoms with Crippen molar-refractivity contribution >= 4 is 16.8 Å². The minimum absolute atomic E-state index is 0.460. The number of aromatic amines is 1. The molecule has 1 amide bonds. The van der Waals surface area contributed by atoms with E-state index in [0.717, 1.165) is 33.5 Å². The number of aromatic nitrogens is 5. The van der Waals surface area contributed by atoms with E-state index in [-0.39, 0.29) is 0 Å². The fourth-order valence-electron chi connectivity index (χ4n) is 4.47. The smallest absolute Gasteiger partial charge is 0.235 e. The highest BCUT2D eigenvalue weighted by molar-refractivity contribution is 5.84. The van der Waals surface area contributed by atoms with Crippen molar-refractivity contribution in [3.8, 4) is 0 Å². The summed E-state index contributed by atoms with van der Waals surface area (Å²) >= 11 is 0. The van der Waals surface area contributed by atoms with Crippen LogP contribution in [0.2, 0.25) is 0 Å². The average molecular weight is 466 g/mol. The lowest BCUT2D eigenvalue weighted by atomic mass is 9.91. The molecule has 3 aromatic heterocycles. The van der Waals surface area contributed by atoms with Crippen LogP contribution in [-0.4, -0.2) is 36.7 Å². The number of primary amides is 1. The Hall–Kier alpha value is -4.30. The maximum Gasteiger partial charge on any atom is 0.235 e. The van der Waals surface area contributed by atoms with E-state index in [4.69, 9.17) is 11.5 Å². The Balaban J connectivity index is 1.58. The van der Waals surface area contributed by atoms with Crippen LogP contribution in [0.4, 0.5) is 0 Å². The summed E-state index contributed by atoms with van der Waals surface area (Å²) in [5.41, 5.74) is 16.1. The third kappa shape index (κ3) is 4.83. The SMILES string of the molecule is NC(=O)C(N)[C@@H](Cc1c[nH]c2ccccc12)c1nnc(Cc2ccccc2)n1Cc1ccccn1. The molecule has 5 N–H and O–H groups in total. The van der Waals surface area contributed by atoms with Gasteiger partial charge in [-0.05, 0) is 35.7 Å². The van der Waals surface area contributed by atoms with Gasteiger partial charge in [0.1, 0.15) is 11.6 Å². The molecule has 2 atom stereocenters. The minimum atomic E-state index is -0.931. The summed E-state index contributed by atoms with van der Waals surface area (Å²) in [7, 11) is 0. The number of amides is 1. The summed E-state index contributed by atoms with van der Waals surface area (Å²) in [6.07, 6.45) is 4.79. The molecule has 0 bridgehead atoms. The molecular weight excluding hydrogens is 438 g/mol. The van der Waals surface area contributed by atoms with E-state index >= 15 is 0 Å². The lowest BCUT2D eigenvalue weighted by molar-refractivity contribution is -0.119. The molecule has 0 radical (unpaired) electrons. The quantitative estimate of drug-likeness (QED) is 0.308. The number of hydrogen-bond donors (Lipinski definition) is 3. The second-order valence-electron chi connectivity index (χ2n) is 8.64. The van der Waals surface area contributed by atoms with Crippen LogP contribution in [0.15, 0.2) is 85.2 Å². The molecule has 0 spiro atoms. The first-order valence-corrected chi connectivity index (χ1v) is 11.6. The van der Waals surface area contributed by atoms with Gasteiger partial charge in [-0.15, -0.1) is 10.2 Å². The fourth-order valence-corrected chi connectivity index (χ4v) is 4.47. The Bertz CT molecular complexity index is 1430. The molecule has 1 unspecified atom stereocenters. The van der Waals surface area contributed by atoms with Crippen molar-refractivity contribution in [1.29, 1.82) is 0 Å². The molecule has 0 saturated heterocycles. The van der Waals surface area contributed by atoms with Gasteiger partial charge in [0.25, 0.3) is 0 Å². The van der Waals surface area contributed by atoms with E-state index in [1.807, 2.05) is 71.4 Å². The van der Waals surface area contributed by atoms with Crippen LogP contribution in [0.5, 0.6) is 0 Å². The predicted octanol–water partition coefficient (Wildman–Crippen LogP) is 2.93. The molecule has 0 aliphatic rings. The first-order valence-electron chi connectivity index (χ1n) is 11.6. The number of benzene rings is 2. The maximum absolute atomic E-state index is 12.3. The molecule has 35 heavy (non-hydrogen) atoms. The summed E-state index contributed by atoms with van der Waals surface area (Å²) in [5, 5.41) is 10.2. The molecule has 0 saturated carbocycles. The van der Waals surface area contributed by atoms with Crippen LogP contribution in [0.1, 0.15) is 34.4 Å². The summed E-state index contributed by atoms with van der Waals surface area (Å²) in [5.74, 6) is 0.356. The Kier molecular flexibility index (Phi) is 6.36. The van der Waals surface area contributed by atoms with Crippen molar-refractivity contribution in [2.75, 3.05) is 0 Å². The highest BCUT2D eigenvalue weighted by Crippen LogP contribution is 2.28. The highest BCUT2D eigenvalue weighted by atomic mass is 16.1. The Morgan fingerprint density at radius 1 is 0.971 bits per heavy atom. The Morgan fingerprint density at radius 3 is 2.51 bits per heavy atom. The van der Waals surface area contributed by atoms with Gasteiger partial charge in [0.15, 0.2) is 0 Å². The van der Waals surface area contributed by atoms with Gasteiger partial charge < -0.3 is 21.0 Å². The van der Waals surface area contributed by atoms with Gasteiger partial charge in [0.2, 0.25) is 5.91 Å². The van der Waals surface area contributed by atoms with E-state index in [1.165, 1.54) is 0 Å². The molecule has 5 rings (SSSR count). The number of carbonyl (C=O) groups excluding carboxylic acids is 1. The molecular formula is C27H27N7O. The third-order valence-corrected chi connectivity index (χ3v) is 6.32. The molecule has 8 nitrogen and oxygen atoms in total. The minimum Gasteiger partial charge on any atom is -0.368 e. The second-order valence-corrected chi connectivity index (χ2v) is 8.64. The topological polar surface area (TPSA) is 128 Å². The monoisotopic (exact) mass is 465 g/mol. The van der Waals surface area contributed by atoms with Gasteiger partial charge in [-0.1, -0.05) is 54.6 Å². The zero-order valence-corrected chi connectivity index (χ0v) is 19.2. The van der Waals surface area contributed by atoms with Crippen LogP contribution in [-0.2, 0) is 24.2 Å². The van der Waals surface area contributed by atoms with Crippen molar-refractivity contribution < 1.29 is 4.79 Å². The normalized spacial score (nSPS) is 13.1. The van der Waals surface area contributed by atoms with Crippen LogP contribution < -0.4 is 11.5 Å².